The summed E-state index contributed by atoms with van der Waals surface area (Å²) < 4.78 is 1.30. The molecule has 1 aliphatic rings. The Morgan fingerprint density at radius 2 is 2.00 bits per heavy atom. The molecule has 3 rings (SSSR count). The summed E-state index contributed by atoms with van der Waals surface area (Å²) in [6.07, 6.45) is 3.47. The lowest BCUT2D eigenvalue weighted by atomic mass is 10.2. The van der Waals surface area contributed by atoms with Crippen LogP contribution in [0.15, 0.2) is 18.3 Å². The Labute approximate surface area is 110 Å². The highest BCUT2D eigenvalue weighted by atomic mass is 16.6. The Kier molecular flexibility index (Phi) is 2.62. The van der Waals surface area contributed by atoms with Gasteiger partial charge in [-0.05, 0) is 37.7 Å². The van der Waals surface area contributed by atoms with Gasteiger partial charge in [0.1, 0.15) is 6.20 Å². The van der Waals surface area contributed by atoms with E-state index in [1.165, 1.54) is 10.7 Å². The number of rotatable bonds is 2. The minimum atomic E-state index is -0.465. The highest BCUT2D eigenvalue weighted by molar-refractivity contribution is 5.50. The number of aromatic nitrogens is 3. The van der Waals surface area contributed by atoms with Crippen molar-refractivity contribution in [1.29, 1.82) is 0 Å². The molecule has 2 aromatic heterocycles. The second-order valence-corrected chi connectivity index (χ2v) is 5.02. The van der Waals surface area contributed by atoms with Crippen molar-refractivity contribution in [1.82, 2.24) is 14.6 Å². The van der Waals surface area contributed by atoms with Crippen LogP contribution in [-0.4, -0.2) is 31.6 Å². The summed E-state index contributed by atoms with van der Waals surface area (Å²) >= 11 is 0. The maximum absolute atomic E-state index is 10.9. The first kappa shape index (κ1) is 11.9. The Balaban J connectivity index is 2.10. The molecular formula is C12H15N5O2. The highest BCUT2D eigenvalue weighted by Gasteiger charge is 2.29. The largest absolute Gasteiger partial charge is 0.368 e. The predicted octanol–water partition coefficient (Wildman–Crippen LogP) is 2.01. The Morgan fingerprint density at radius 1 is 1.32 bits per heavy atom. The third kappa shape index (κ3) is 1.81. The average Bonchev–Trinajstić information content (AvgIpc) is 2.92. The molecule has 1 saturated heterocycles. The minimum Gasteiger partial charge on any atom is -0.358 e. The lowest BCUT2D eigenvalue weighted by Crippen LogP contribution is -2.33. The van der Waals surface area contributed by atoms with E-state index in [0.717, 1.165) is 18.7 Å². The number of anilines is 1. The second kappa shape index (κ2) is 4.18. The van der Waals surface area contributed by atoms with Crippen molar-refractivity contribution in [2.45, 2.75) is 38.8 Å². The van der Waals surface area contributed by atoms with Gasteiger partial charge in [-0.25, -0.2) is 4.98 Å². The average molecular weight is 261 g/mol. The van der Waals surface area contributed by atoms with Crippen LogP contribution in [0.5, 0.6) is 0 Å². The number of hydrogen-bond acceptors (Lipinski definition) is 5. The van der Waals surface area contributed by atoms with Gasteiger partial charge in [0.2, 0.25) is 5.65 Å². The van der Waals surface area contributed by atoms with Crippen LogP contribution in [0.4, 0.5) is 11.6 Å². The Hall–Kier alpha value is -2.18. The van der Waals surface area contributed by atoms with Crippen molar-refractivity contribution in [2.24, 2.45) is 0 Å². The van der Waals surface area contributed by atoms with Gasteiger partial charge >= 0.3 is 5.82 Å². The van der Waals surface area contributed by atoms with Gasteiger partial charge in [-0.1, -0.05) is 9.61 Å². The SMILES string of the molecule is CC1CCC(C)N1c1ccc2ncc([N+](=O)[O-])n2n1. The van der Waals surface area contributed by atoms with Gasteiger partial charge in [-0.3, -0.25) is 0 Å². The second-order valence-electron chi connectivity index (χ2n) is 5.02. The molecule has 2 atom stereocenters. The normalized spacial score (nSPS) is 23.2. The molecule has 0 N–H and O–H groups in total. The Morgan fingerprint density at radius 3 is 2.63 bits per heavy atom. The molecule has 0 aromatic carbocycles. The molecule has 7 heteroatoms. The molecule has 0 saturated carbocycles. The van der Waals surface area contributed by atoms with Gasteiger partial charge in [0.25, 0.3) is 0 Å². The van der Waals surface area contributed by atoms with Crippen molar-refractivity contribution < 1.29 is 4.92 Å². The number of hydrogen-bond donors (Lipinski definition) is 0. The van der Waals surface area contributed by atoms with Gasteiger partial charge in [-0.15, -0.1) is 0 Å². The molecule has 0 amide bonds. The molecule has 1 aliphatic heterocycles. The van der Waals surface area contributed by atoms with Crippen LogP contribution < -0.4 is 4.90 Å². The fourth-order valence-corrected chi connectivity index (χ4v) is 2.76. The van der Waals surface area contributed by atoms with E-state index < -0.39 is 4.92 Å². The summed E-state index contributed by atoms with van der Waals surface area (Å²) in [6, 6.07) is 4.46. The molecule has 0 spiro atoms. The summed E-state index contributed by atoms with van der Waals surface area (Å²) in [7, 11) is 0. The zero-order valence-electron chi connectivity index (χ0n) is 10.9. The highest BCUT2D eigenvalue weighted by Crippen LogP contribution is 2.29. The third-order valence-corrected chi connectivity index (χ3v) is 3.73. The van der Waals surface area contributed by atoms with E-state index in [-0.39, 0.29) is 5.82 Å². The van der Waals surface area contributed by atoms with Crippen LogP contribution >= 0.6 is 0 Å². The van der Waals surface area contributed by atoms with Crippen LogP contribution in [0.2, 0.25) is 0 Å². The molecule has 3 heterocycles. The van der Waals surface area contributed by atoms with Crippen molar-refractivity contribution in [3.63, 3.8) is 0 Å². The van der Waals surface area contributed by atoms with Gasteiger partial charge in [0.05, 0.1) is 0 Å². The quantitative estimate of drug-likeness (QED) is 0.610. The molecular weight excluding hydrogens is 246 g/mol. The monoisotopic (exact) mass is 261 g/mol. The van der Waals surface area contributed by atoms with E-state index in [1.54, 1.807) is 6.07 Å². The van der Waals surface area contributed by atoms with E-state index in [2.05, 4.69) is 28.8 Å². The third-order valence-electron chi connectivity index (χ3n) is 3.73. The van der Waals surface area contributed by atoms with Gasteiger partial charge < -0.3 is 15.0 Å². The molecule has 1 fully saturated rings. The fraction of sp³-hybridized carbons (Fsp3) is 0.500. The Bertz CT molecular complexity index is 628. The standard InChI is InChI=1S/C12H15N5O2/c1-8-3-4-9(2)15(8)11-6-5-10-13-7-12(17(18)19)16(10)14-11/h5-9H,3-4H2,1-2H3. The van der Waals surface area contributed by atoms with E-state index in [0.29, 0.717) is 17.7 Å². The van der Waals surface area contributed by atoms with Crippen LogP contribution in [0.1, 0.15) is 26.7 Å². The number of nitrogens with zero attached hydrogens (tertiary/aromatic N) is 5. The van der Waals surface area contributed by atoms with Crippen molar-refractivity contribution in [2.75, 3.05) is 4.90 Å². The minimum absolute atomic E-state index is 0.101. The molecule has 0 radical (unpaired) electrons. The van der Waals surface area contributed by atoms with Gasteiger partial charge in [-0.2, -0.15) is 0 Å². The van der Waals surface area contributed by atoms with Crippen molar-refractivity contribution in [3.8, 4) is 0 Å². The molecule has 0 bridgehead atoms. The maximum Gasteiger partial charge on any atom is 0.368 e. The smallest absolute Gasteiger partial charge is 0.358 e. The molecule has 19 heavy (non-hydrogen) atoms. The van der Waals surface area contributed by atoms with Gasteiger partial charge in [0.15, 0.2) is 5.82 Å². The molecule has 0 aliphatic carbocycles. The van der Waals surface area contributed by atoms with Crippen molar-refractivity contribution >= 4 is 17.3 Å². The van der Waals surface area contributed by atoms with Crippen LogP contribution in [0.3, 0.4) is 0 Å². The maximum atomic E-state index is 10.9. The lowest BCUT2D eigenvalue weighted by molar-refractivity contribution is -0.391. The summed E-state index contributed by atoms with van der Waals surface area (Å²) in [6.45, 7) is 4.30. The first-order valence-electron chi connectivity index (χ1n) is 6.35. The van der Waals surface area contributed by atoms with E-state index >= 15 is 0 Å². The molecule has 100 valence electrons. The van der Waals surface area contributed by atoms with E-state index in [9.17, 15) is 10.1 Å². The topological polar surface area (TPSA) is 76.6 Å². The molecule has 2 unspecified atom stereocenters. The number of nitro groups is 1. The van der Waals surface area contributed by atoms with Crippen LogP contribution in [0, 0.1) is 10.1 Å². The van der Waals surface area contributed by atoms with Crippen LogP contribution in [0.25, 0.3) is 5.65 Å². The molecule has 2 aromatic rings. The van der Waals surface area contributed by atoms with E-state index in [1.807, 2.05) is 6.07 Å². The first-order chi connectivity index (χ1) is 9.08. The summed E-state index contributed by atoms with van der Waals surface area (Å²) in [5.41, 5.74) is 0.495. The van der Waals surface area contributed by atoms with Gasteiger partial charge in [0, 0.05) is 18.2 Å². The van der Waals surface area contributed by atoms with Crippen LogP contribution in [-0.2, 0) is 0 Å². The summed E-state index contributed by atoms with van der Waals surface area (Å²) in [5.74, 6) is 0.669. The number of imidazole rings is 1. The number of fused-ring (bicyclic) bond motifs is 1. The lowest BCUT2D eigenvalue weighted by Gasteiger charge is -2.26. The summed E-state index contributed by atoms with van der Waals surface area (Å²) in [5, 5.41) is 15.3. The zero-order valence-corrected chi connectivity index (χ0v) is 10.9. The molecule has 7 nitrogen and oxygen atoms in total. The van der Waals surface area contributed by atoms with Crippen molar-refractivity contribution in [3.05, 3.63) is 28.4 Å². The first-order valence-corrected chi connectivity index (χ1v) is 6.35. The summed E-state index contributed by atoms with van der Waals surface area (Å²) in [4.78, 5) is 16.7. The fourth-order valence-electron chi connectivity index (χ4n) is 2.76. The zero-order chi connectivity index (χ0) is 13.6. The predicted molar refractivity (Wildman–Crippen MR) is 70.3 cm³/mol. The van der Waals surface area contributed by atoms with E-state index in [4.69, 9.17) is 0 Å².